The number of hydrogen-bond donors (Lipinski definition) is 1. The van der Waals surface area contributed by atoms with Gasteiger partial charge in [-0.15, -0.1) is 0 Å². The Morgan fingerprint density at radius 3 is 2.57 bits per heavy atom. The summed E-state index contributed by atoms with van der Waals surface area (Å²) >= 11 is 1.33. The quantitative estimate of drug-likeness (QED) is 0.799. The SMILES string of the molecule is O=c1[nH]c(-c2ccccc2)c(CN2CCc3ccccc3C2)s1. The summed E-state index contributed by atoms with van der Waals surface area (Å²) in [5, 5.41) is 0. The molecule has 0 bridgehead atoms. The van der Waals surface area contributed by atoms with Crippen molar-refractivity contribution in [2.45, 2.75) is 19.5 Å². The number of hydrogen-bond acceptors (Lipinski definition) is 3. The monoisotopic (exact) mass is 322 g/mol. The topological polar surface area (TPSA) is 36.1 Å². The van der Waals surface area contributed by atoms with Gasteiger partial charge in [-0.2, -0.15) is 0 Å². The molecule has 0 fully saturated rings. The Balaban J connectivity index is 1.60. The van der Waals surface area contributed by atoms with Crippen molar-refractivity contribution in [3.8, 4) is 11.3 Å². The van der Waals surface area contributed by atoms with E-state index in [1.807, 2.05) is 30.3 Å². The van der Waals surface area contributed by atoms with E-state index >= 15 is 0 Å². The van der Waals surface area contributed by atoms with Gasteiger partial charge < -0.3 is 4.98 Å². The Kier molecular flexibility index (Phi) is 3.85. The Labute approximate surface area is 139 Å². The van der Waals surface area contributed by atoms with Gasteiger partial charge in [0, 0.05) is 24.5 Å². The van der Waals surface area contributed by atoms with Crippen molar-refractivity contribution in [3.05, 3.63) is 80.3 Å². The fraction of sp³-hybridized carbons (Fsp3) is 0.211. The minimum Gasteiger partial charge on any atom is -0.312 e. The number of nitrogens with zero attached hydrogens (tertiary/aromatic N) is 1. The van der Waals surface area contributed by atoms with Crippen LogP contribution in [0.25, 0.3) is 11.3 Å². The van der Waals surface area contributed by atoms with E-state index in [1.165, 1.54) is 22.5 Å². The van der Waals surface area contributed by atoms with Crippen LogP contribution in [0, 0.1) is 0 Å². The molecule has 23 heavy (non-hydrogen) atoms. The molecule has 0 saturated heterocycles. The number of aromatic nitrogens is 1. The van der Waals surface area contributed by atoms with Crippen molar-refractivity contribution < 1.29 is 0 Å². The van der Waals surface area contributed by atoms with Gasteiger partial charge in [0.05, 0.1) is 5.69 Å². The van der Waals surface area contributed by atoms with Crippen LogP contribution in [0.3, 0.4) is 0 Å². The highest BCUT2D eigenvalue weighted by Gasteiger charge is 2.19. The third-order valence-electron chi connectivity index (χ3n) is 4.36. The largest absolute Gasteiger partial charge is 0.312 e. The summed E-state index contributed by atoms with van der Waals surface area (Å²) in [6.07, 6.45) is 1.08. The minimum absolute atomic E-state index is 0.0243. The smallest absolute Gasteiger partial charge is 0.305 e. The van der Waals surface area contributed by atoms with Crippen molar-refractivity contribution in [1.29, 1.82) is 0 Å². The zero-order valence-electron chi connectivity index (χ0n) is 12.8. The normalized spacial score (nSPS) is 14.6. The second-order valence-electron chi connectivity index (χ2n) is 5.91. The van der Waals surface area contributed by atoms with Crippen LogP contribution in [0.15, 0.2) is 59.4 Å². The number of H-pyrrole nitrogens is 1. The molecule has 2 aromatic carbocycles. The van der Waals surface area contributed by atoms with Crippen LogP contribution in [0.2, 0.25) is 0 Å². The molecule has 0 radical (unpaired) electrons. The van der Waals surface area contributed by atoms with Crippen molar-refractivity contribution in [2.75, 3.05) is 6.54 Å². The van der Waals surface area contributed by atoms with E-state index in [0.717, 1.165) is 42.2 Å². The molecule has 0 saturated carbocycles. The Morgan fingerprint density at radius 1 is 1.00 bits per heavy atom. The van der Waals surface area contributed by atoms with E-state index in [0.29, 0.717) is 0 Å². The molecule has 4 heteroatoms. The average molecular weight is 322 g/mol. The Bertz CT molecular complexity index is 866. The van der Waals surface area contributed by atoms with Gasteiger partial charge in [-0.1, -0.05) is 65.9 Å². The van der Waals surface area contributed by atoms with E-state index in [4.69, 9.17) is 0 Å². The molecule has 1 aromatic heterocycles. The highest BCUT2D eigenvalue weighted by Crippen LogP contribution is 2.26. The average Bonchev–Trinajstić information content (AvgIpc) is 2.96. The summed E-state index contributed by atoms with van der Waals surface area (Å²) in [5.74, 6) is 0. The summed E-state index contributed by atoms with van der Waals surface area (Å²) in [6.45, 7) is 2.82. The van der Waals surface area contributed by atoms with E-state index in [1.54, 1.807) is 0 Å². The van der Waals surface area contributed by atoms with Gasteiger partial charge in [0.25, 0.3) is 0 Å². The van der Waals surface area contributed by atoms with Crippen LogP contribution in [0.5, 0.6) is 0 Å². The predicted octanol–water partition coefficient (Wildman–Crippen LogP) is 3.66. The van der Waals surface area contributed by atoms with E-state index in [-0.39, 0.29) is 4.87 Å². The van der Waals surface area contributed by atoms with Crippen molar-refractivity contribution >= 4 is 11.3 Å². The van der Waals surface area contributed by atoms with E-state index in [9.17, 15) is 4.79 Å². The molecular weight excluding hydrogens is 304 g/mol. The van der Waals surface area contributed by atoms with Gasteiger partial charge in [0.15, 0.2) is 0 Å². The molecule has 0 amide bonds. The van der Waals surface area contributed by atoms with Gasteiger partial charge >= 0.3 is 4.87 Å². The van der Waals surface area contributed by atoms with Gasteiger partial charge in [-0.05, 0) is 23.1 Å². The summed E-state index contributed by atoms with van der Waals surface area (Å²) in [6, 6.07) is 18.7. The number of aromatic amines is 1. The lowest BCUT2D eigenvalue weighted by atomic mass is 10.00. The van der Waals surface area contributed by atoms with Crippen LogP contribution in [0.4, 0.5) is 0 Å². The van der Waals surface area contributed by atoms with Crippen molar-refractivity contribution in [3.63, 3.8) is 0 Å². The molecule has 0 unspecified atom stereocenters. The molecule has 1 N–H and O–H groups in total. The lowest BCUT2D eigenvalue weighted by Crippen LogP contribution is -2.29. The maximum Gasteiger partial charge on any atom is 0.305 e. The first-order chi connectivity index (χ1) is 11.3. The fourth-order valence-electron chi connectivity index (χ4n) is 3.20. The first-order valence-electron chi connectivity index (χ1n) is 7.86. The summed E-state index contributed by atoms with van der Waals surface area (Å²) in [4.78, 5) is 18.4. The highest BCUT2D eigenvalue weighted by molar-refractivity contribution is 7.09. The first kappa shape index (κ1) is 14.4. The van der Waals surface area contributed by atoms with Gasteiger partial charge in [-0.3, -0.25) is 9.69 Å². The van der Waals surface area contributed by atoms with Crippen LogP contribution < -0.4 is 4.87 Å². The number of rotatable bonds is 3. The third kappa shape index (κ3) is 3.00. The molecule has 2 heterocycles. The molecular formula is C19H18N2OS. The zero-order valence-corrected chi connectivity index (χ0v) is 13.6. The van der Waals surface area contributed by atoms with Gasteiger partial charge in [-0.25, -0.2) is 0 Å². The number of benzene rings is 2. The van der Waals surface area contributed by atoms with Crippen LogP contribution in [-0.4, -0.2) is 16.4 Å². The van der Waals surface area contributed by atoms with Crippen LogP contribution in [0.1, 0.15) is 16.0 Å². The maximum absolute atomic E-state index is 11.9. The maximum atomic E-state index is 11.9. The molecule has 0 aliphatic carbocycles. The summed E-state index contributed by atoms with van der Waals surface area (Å²) < 4.78 is 0. The molecule has 4 rings (SSSR count). The molecule has 116 valence electrons. The molecule has 0 atom stereocenters. The summed E-state index contributed by atoms with van der Waals surface area (Å²) in [5.41, 5.74) is 4.91. The second kappa shape index (κ2) is 6.14. The first-order valence-corrected chi connectivity index (χ1v) is 8.68. The molecule has 1 aliphatic heterocycles. The number of thiazole rings is 1. The second-order valence-corrected chi connectivity index (χ2v) is 6.98. The lowest BCUT2D eigenvalue weighted by Gasteiger charge is -2.28. The Morgan fingerprint density at radius 2 is 1.74 bits per heavy atom. The van der Waals surface area contributed by atoms with Crippen LogP contribution in [-0.2, 0) is 19.5 Å². The molecule has 1 aliphatic rings. The third-order valence-corrected chi connectivity index (χ3v) is 5.23. The Hall–Kier alpha value is -2.17. The molecule has 0 spiro atoms. The number of fused-ring (bicyclic) bond motifs is 1. The minimum atomic E-state index is 0.0243. The van der Waals surface area contributed by atoms with E-state index in [2.05, 4.69) is 34.1 Å². The zero-order chi connectivity index (χ0) is 15.6. The van der Waals surface area contributed by atoms with Gasteiger partial charge in [0.1, 0.15) is 0 Å². The standard InChI is InChI=1S/C19H18N2OS/c22-19-20-18(15-7-2-1-3-8-15)17(23-19)13-21-11-10-14-6-4-5-9-16(14)12-21/h1-9H,10-13H2,(H,20,22). The van der Waals surface area contributed by atoms with Crippen molar-refractivity contribution in [1.82, 2.24) is 9.88 Å². The predicted molar refractivity (Wildman–Crippen MR) is 94.6 cm³/mol. The van der Waals surface area contributed by atoms with Crippen LogP contribution >= 0.6 is 11.3 Å². The molecule has 3 nitrogen and oxygen atoms in total. The van der Waals surface area contributed by atoms with Gasteiger partial charge in [0.2, 0.25) is 0 Å². The molecule has 3 aromatic rings. The fourth-order valence-corrected chi connectivity index (χ4v) is 4.10. The van der Waals surface area contributed by atoms with E-state index < -0.39 is 0 Å². The lowest BCUT2D eigenvalue weighted by molar-refractivity contribution is 0.248. The summed E-state index contributed by atoms with van der Waals surface area (Å²) in [7, 11) is 0. The van der Waals surface area contributed by atoms with Crippen molar-refractivity contribution in [2.24, 2.45) is 0 Å². The highest BCUT2D eigenvalue weighted by atomic mass is 32.1. The number of nitrogens with one attached hydrogen (secondary N) is 1.